The number of hydrogen-bond donors (Lipinski definition) is 1. The highest BCUT2D eigenvalue weighted by molar-refractivity contribution is 5.45. The third-order valence-electron chi connectivity index (χ3n) is 4.13. The van der Waals surface area contributed by atoms with Crippen LogP contribution in [0.2, 0.25) is 0 Å². The lowest BCUT2D eigenvalue weighted by Crippen LogP contribution is -2.25. The van der Waals surface area contributed by atoms with Gasteiger partial charge in [-0.2, -0.15) is 0 Å². The zero-order valence-corrected chi connectivity index (χ0v) is 14.0. The molecule has 0 aliphatic heterocycles. The van der Waals surface area contributed by atoms with E-state index in [0.29, 0.717) is 6.04 Å². The number of benzene rings is 3. The normalized spacial score (nSPS) is 11.7. The lowest BCUT2D eigenvalue weighted by atomic mass is 9.98. The summed E-state index contributed by atoms with van der Waals surface area (Å²) in [5, 5.41) is 3.67. The Bertz CT molecular complexity index is 699. The number of rotatable bonds is 7. The SMILES string of the molecule is COc1ccccc1C[C@@H](Cc1ccccc1)Nc1ccccc1. The number of hydrogen-bond acceptors (Lipinski definition) is 2. The topological polar surface area (TPSA) is 21.3 Å². The first-order valence-electron chi connectivity index (χ1n) is 8.32. The molecule has 0 unspecified atom stereocenters. The van der Waals surface area contributed by atoms with Gasteiger partial charge in [-0.05, 0) is 42.2 Å². The van der Waals surface area contributed by atoms with Crippen molar-refractivity contribution in [1.82, 2.24) is 0 Å². The van der Waals surface area contributed by atoms with E-state index >= 15 is 0 Å². The molecule has 0 heterocycles. The van der Waals surface area contributed by atoms with E-state index in [-0.39, 0.29) is 0 Å². The zero-order valence-electron chi connectivity index (χ0n) is 14.0. The van der Waals surface area contributed by atoms with Crippen LogP contribution in [0.4, 0.5) is 5.69 Å². The van der Waals surface area contributed by atoms with Gasteiger partial charge in [-0.3, -0.25) is 0 Å². The van der Waals surface area contributed by atoms with Crippen molar-refractivity contribution in [1.29, 1.82) is 0 Å². The van der Waals surface area contributed by atoms with Gasteiger partial charge in [-0.25, -0.2) is 0 Å². The lowest BCUT2D eigenvalue weighted by molar-refractivity contribution is 0.408. The molecular weight excluding hydrogens is 294 g/mol. The minimum atomic E-state index is 0.297. The van der Waals surface area contributed by atoms with Crippen LogP contribution in [0.3, 0.4) is 0 Å². The van der Waals surface area contributed by atoms with Gasteiger partial charge >= 0.3 is 0 Å². The molecule has 2 heteroatoms. The molecule has 1 atom stereocenters. The average molecular weight is 317 g/mol. The van der Waals surface area contributed by atoms with Crippen molar-refractivity contribution in [3.63, 3.8) is 0 Å². The summed E-state index contributed by atoms with van der Waals surface area (Å²) in [6.45, 7) is 0. The largest absolute Gasteiger partial charge is 0.496 e. The van der Waals surface area contributed by atoms with Crippen LogP contribution in [0.15, 0.2) is 84.9 Å². The Morgan fingerprint density at radius 2 is 1.38 bits per heavy atom. The van der Waals surface area contributed by atoms with Crippen LogP contribution in [0.25, 0.3) is 0 Å². The number of anilines is 1. The Kier molecular flexibility index (Phi) is 5.52. The van der Waals surface area contributed by atoms with E-state index in [0.717, 1.165) is 24.3 Å². The van der Waals surface area contributed by atoms with E-state index in [1.54, 1.807) is 7.11 Å². The standard InChI is InChI=1S/C22H23NO/c1-24-22-15-9-8-12-19(22)17-21(16-18-10-4-2-5-11-18)23-20-13-6-3-7-14-20/h2-15,21,23H,16-17H2,1H3/t21-/m1/s1. The summed E-state index contributed by atoms with van der Waals surface area (Å²) in [5.74, 6) is 0.949. The highest BCUT2D eigenvalue weighted by Crippen LogP contribution is 2.22. The molecule has 0 amide bonds. The fourth-order valence-corrected chi connectivity index (χ4v) is 2.98. The quantitative estimate of drug-likeness (QED) is 0.665. The van der Waals surface area contributed by atoms with Crippen LogP contribution in [-0.2, 0) is 12.8 Å². The molecule has 0 aliphatic carbocycles. The molecule has 0 saturated heterocycles. The van der Waals surface area contributed by atoms with Crippen LogP contribution < -0.4 is 10.1 Å². The molecule has 3 aromatic rings. The Morgan fingerprint density at radius 1 is 0.750 bits per heavy atom. The van der Waals surface area contributed by atoms with Crippen LogP contribution in [0.1, 0.15) is 11.1 Å². The zero-order chi connectivity index (χ0) is 16.6. The van der Waals surface area contributed by atoms with Crippen molar-refractivity contribution in [2.24, 2.45) is 0 Å². The predicted molar refractivity (Wildman–Crippen MR) is 101 cm³/mol. The predicted octanol–water partition coefficient (Wildman–Crippen LogP) is 4.96. The molecule has 0 radical (unpaired) electrons. The second kappa shape index (κ2) is 8.21. The minimum Gasteiger partial charge on any atom is -0.496 e. The summed E-state index contributed by atoms with van der Waals surface area (Å²) in [7, 11) is 1.73. The molecule has 0 spiro atoms. The summed E-state index contributed by atoms with van der Waals surface area (Å²) in [5.41, 5.74) is 3.71. The van der Waals surface area contributed by atoms with Gasteiger partial charge in [0.2, 0.25) is 0 Å². The third kappa shape index (κ3) is 4.39. The van der Waals surface area contributed by atoms with Crippen LogP contribution in [-0.4, -0.2) is 13.2 Å². The van der Waals surface area contributed by atoms with Crippen LogP contribution in [0, 0.1) is 0 Å². The molecule has 24 heavy (non-hydrogen) atoms. The highest BCUT2D eigenvalue weighted by atomic mass is 16.5. The summed E-state index contributed by atoms with van der Waals surface area (Å²) in [6.07, 6.45) is 1.88. The third-order valence-corrected chi connectivity index (χ3v) is 4.13. The maximum absolute atomic E-state index is 5.52. The van der Waals surface area contributed by atoms with Gasteiger partial charge in [0.15, 0.2) is 0 Å². The minimum absolute atomic E-state index is 0.297. The van der Waals surface area contributed by atoms with Crippen LogP contribution in [0.5, 0.6) is 5.75 Å². The maximum Gasteiger partial charge on any atom is 0.122 e. The number of methoxy groups -OCH3 is 1. The first-order valence-corrected chi connectivity index (χ1v) is 8.32. The number of nitrogens with one attached hydrogen (secondary N) is 1. The van der Waals surface area contributed by atoms with Gasteiger partial charge < -0.3 is 10.1 Å². The fraction of sp³-hybridized carbons (Fsp3) is 0.182. The van der Waals surface area contributed by atoms with Gasteiger partial charge in [0.25, 0.3) is 0 Å². The van der Waals surface area contributed by atoms with E-state index < -0.39 is 0 Å². The van der Waals surface area contributed by atoms with Crippen molar-refractivity contribution in [2.45, 2.75) is 18.9 Å². The molecule has 3 rings (SSSR count). The molecular formula is C22H23NO. The first-order chi connectivity index (χ1) is 11.8. The Hall–Kier alpha value is -2.74. The number of para-hydroxylation sites is 2. The summed E-state index contributed by atoms with van der Waals surface area (Å²) < 4.78 is 5.52. The molecule has 0 aromatic heterocycles. The molecule has 1 N–H and O–H groups in total. The van der Waals surface area contributed by atoms with E-state index in [1.165, 1.54) is 11.1 Å². The van der Waals surface area contributed by atoms with Crippen molar-refractivity contribution in [2.75, 3.05) is 12.4 Å². The lowest BCUT2D eigenvalue weighted by Gasteiger charge is -2.21. The maximum atomic E-state index is 5.52. The van der Waals surface area contributed by atoms with Gasteiger partial charge in [-0.1, -0.05) is 66.7 Å². The monoisotopic (exact) mass is 317 g/mol. The summed E-state index contributed by atoms with van der Waals surface area (Å²) >= 11 is 0. The second-order valence-electron chi connectivity index (χ2n) is 5.91. The molecule has 2 nitrogen and oxygen atoms in total. The van der Waals surface area contributed by atoms with Gasteiger partial charge in [0.05, 0.1) is 7.11 Å². The molecule has 122 valence electrons. The van der Waals surface area contributed by atoms with Crippen molar-refractivity contribution < 1.29 is 4.74 Å². The Balaban J connectivity index is 1.81. The second-order valence-corrected chi connectivity index (χ2v) is 5.91. The molecule has 0 saturated carbocycles. The molecule has 0 bridgehead atoms. The Labute approximate surface area is 144 Å². The summed E-state index contributed by atoms with van der Waals surface area (Å²) in [4.78, 5) is 0. The van der Waals surface area contributed by atoms with E-state index in [1.807, 2.05) is 18.2 Å². The van der Waals surface area contributed by atoms with Gasteiger partial charge in [-0.15, -0.1) is 0 Å². The van der Waals surface area contributed by atoms with Crippen molar-refractivity contribution in [3.05, 3.63) is 96.1 Å². The first kappa shape index (κ1) is 16.1. The van der Waals surface area contributed by atoms with Crippen molar-refractivity contribution in [3.8, 4) is 5.75 Å². The van der Waals surface area contributed by atoms with Gasteiger partial charge in [0, 0.05) is 11.7 Å². The van der Waals surface area contributed by atoms with Crippen molar-refractivity contribution >= 4 is 5.69 Å². The van der Waals surface area contributed by atoms with E-state index in [9.17, 15) is 0 Å². The number of ether oxygens (including phenoxy) is 1. The highest BCUT2D eigenvalue weighted by Gasteiger charge is 2.13. The molecule has 0 aliphatic rings. The fourth-order valence-electron chi connectivity index (χ4n) is 2.98. The van der Waals surface area contributed by atoms with Crippen LogP contribution >= 0.6 is 0 Å². The summed E-state index contributed by atoms with van der Waals surface area (Å²) in [6, 6.07) is 29.5. The van der Waals surface area contributed by atoms with Gasteiger partial charge in [0.1, 0.15) is 5.75 Å². The van der Waals surface area contributed by atoms with E-state index in [4.69, 9.17) is 4.74 Å². The van der Waals surface area contributed by atoms with E-state index in [2.05, 4.69) is 72.0 Å². The Morgan fingerprint density at radius 3 is 2.08 bits per heavy atom. The molecule has 3 aromatic carbocycles. The smallest absolute Gasteiger partial charge is 0.122 e. The average Bonchev–Trinajstić information content (AvgIpc) is 2.64. The molecule has 0 fully saturated rings.